The Hall–Kier alpha value is -1.84. The van der Waals surface area contributed by atoms with Gasteiger partial charge in [0.25, 0.3) is 0 Å². The van der Waals surface area contributed by atoms with Gasteiger partial charge in [0.1, 0.15) is 5.03 Å². The summed E-state index contributed by atoms with van der Waals surface area (Å²) < 4.78 is 0. The maximum absolute atomic E-state index is 5.89. The molecule has 110 valence electrons. The maximum Gasteiger partial charge on any atom is 0.119 e. The number of halogens is 1. The van der Waals surface area contributed by atoms with Crippen molar-refractivity contribution < 1.29 is 0 Å². The van der Waals surface area contributed by atoms with Gasteiger partial charge in [-0.25, -0.2) is 0 Å². The highest BCUT2D eigenvalue weighted by Gasteiger charge is 2.02. The number of hydrogen-bond acceptors (Lipinski definition) is 3. The van der Waals surface area contributed by atoms with Crippen molar-refractivity contribution in [2.75, 3.05) is 0 Å². The summed E-state index contributed by atoms with van der Waals surface area (Å²) in [5, 5.41) is 10.2. The third-order valence-corrected chi connectivity index (χ3v) is 4.53. The minimum absolute atomic E-state index is 0.724. The number of aryl methyl sites for hydroxylation is 1. The Morgan fingerprint density at radius 2 is 1.59 bits per heavy atom. The lowest BCUT2D eigenvalue weighted by molar-refractivity contribution is 0.935. The van der Waals surface area contributed by atoms with E-state index in [1.807, 2.05) is 36.4 Å². The highest BCUT2D eigenvalue weighted by Crippen LogP contribution is 2.23. The summed E-state index contributed by atoms with van der Waals surface area (Å²) in [6.45, 7) is 2.10. The van der Waals surface area contributed by atoms with Gasteiger partial charge in [0.05, 0.1) is 5.69 Å². The molecule has 0 spiro atoms. The number of nitrogens with zero attached hydrogens (tertiary/aromatic N) is 2. The van der Waals surface area contributed by atoms with Gasteiger partial charge in [0, 0.05) is 16.3 Å². The van der Waals surface area contributed by atoms with Crippen LogP contribution in [0.1, 0.15) is 11.1 Å². The van der Waals surface area contributed by atoms with Crippen LogP contribution in [-0.2, 0) is 5.75 Å². The predicted octanol–water partition coefficient (Wildman–Crippen LogP) is 5.40. The molecule has 0 bridgehead atoms. The monoisotopic (exact) mass is 326 g/mol. The normalized spacial score (nSPS) is 10.6. The number of benzene rings is 2. The van der Waals surface area contributed by atoms with E-state index in [-0.39, 0.29) is 0 Å². The molecule has 4 heteroatoms. The van der Waals surface area contributed by atoms with E-state index in [4.69, 9.17) is 11.6 Å². The second-order valence-corrected chi connectivity index (χ2v) is 6.47. The molecule has 3 aromatic rings. The SMILES string of the molecule is Cc1ccc(CSc2ccc(-c3ccc(Cl)cc3)nn2)cc1. The first kappa shape index (κ1) is 15.1. The lowest BCUT2D eigenvalue weighted by atomic mass is 10.1. The van der Waals surface area contributed by atoms with Crippen molar-refractivity contribution in [2.24, 2.45) is 0 Å². The van der Waals surface area contributed by atoms with Crippen LogP contribution in [0.25, 0.3) is 11.3 Å². The van der Waals surface area contributed by atoms with E-state index in [2.05, 4.69) is 41.4 Å². The van der Waals surface area contributed by atoms with Crippen molar-refractivity contribution in [3.8, 4) is 11.3 Å². The van der Waals surface area contributed by atoms with E-state index in [1.165, 1.54) is 11.1 Å². The van der Waals surface area contributed by atoms with Gasteiger partial charge in [-0.2, -0.15) is 0 Å². The number of hydrogen-bond donors (Lipinski definition) is 0. The first-order valence-electron chi connectivity index (χ1n) is 6.99. The largest absolute Gasteiger partial charge is 0.149 e. The lowest BCUT2D eigenvalue weighted by Crippen LogP contribution is -1.90. The molecule has 1 aromatic heterocycles. The van der Waals surface area contributed by atoms with E-state index >= 15 is 0 Å². The fourth-order valence-corrected chi connectivity index (χ4v) is 2.91. The molecule has 2 nitrogen and oxygen atoms in total. The van der Waals surface area contributed by atoms with Gasteiger partial charge in [-0.15, -0.1) is 10.2 Å². The van der Waals surface area contributed by atoms with E-state index in [9.17, 15) is 0 Å². The van der Waals surface area contributed by atoms with Gasteiger partial charge >= 0.3 is 0 Å². The lowest BCUT2D eigenvalue weighted by Gasteiger charge is -2.03. The van der Waals surface area contributed by atoms with Crippen molar-refractivity contribution in [2.45, 2.75) is 17.7 Å². The van der Waals surface area contributed by atoms with Gasteiger partial charge in [-0.1, -0.05) is 65.3 Å². The zero-order chi connectivity index (χ0) is 15.4. The molecule has 0 unspecified atom stereocenters. The first-order valence-corrected chi connectivity index (χ1v) is 8.35. The quantitative estimate of drug-likeness (QED) is 0.600. The molecule has 0 aliphatic carbocycles. The molecule has 0 aliphatic heterocycles. The van der Waals surface area contributed by atoms with Gasteiger partial charge in [0.2, 0.25) is 0 Å². The predicted molar refractivity (Wildman–Crippen MR) is 93.2 cm³/mol. The van der Waals surface area contributed by atoms with Crippen LogP contribution in [0.2, 0.25) is 5.02 Å². The first-order chi connectivity index (χ1) is 10.7. The maximum atomic E-state index is 5.89. The van der Waals surface area contributed by atoms with Crippen LogP contribution in [0, 0.1) is 6.92 Å². The standard InChI is InChI=1S/C18H15ClN2S/c1-13-2-4-14(5-3-13)12-22-18-11-10-17(20-21-18)15-6-8-16(19)9-7-15/h2-11H,12H2,1H3. The van der Waals surface area contributed by atoms with E-state index < -0.39 is 0 Å². The summed E-state index contributed by atoms with van der Waals surface area (Å²) in [7, 11) is 0. The third kappa shape index (κ3) is 3.87. The molecule has 0 aliphatic rings. The Labute approximate surface area is 139 Å². The average molecular weight is 327 g/mol. The Balaban J connectivity index is 1.66. The van der Waals surface area contributed by atoms with Crippen molar-refractivity contribution in [1.82, 2.24) is 10.2 Å². The minimum atomic E-state index is 0.724. The van der Waals surface area contributed by atoms with Crippen LogP contribution in [0.3, 0.4) is 0 Å². The molecule has 1 heterocycles. The smallest absolute Gasteiger partial charge is 0.119 e. The molecular weight excluding hydrogens is 312 g/mol. The van der Waals surface area contributed by atoms with Gasteiger partial charge < -0.3 is 0 Å². The summed E-state index contributed by atoms with van der Waals surface area (Å²) in [5.41, 5.74) is 4.45. The van der Waals surface area contributed by atoms with E-state index in [0.29, 0.717) is 0 Å². The summed E-state index contributed by atoms with van der Waals surface area (Å²) >= 11 is 7.59. The zero-order valence-corrected chi connectivity index (χ0v) is 13.7. The van der Waals surface area contributed by atoms with Crippen LogP contribution >= 0.6 is 23.4 Å². The molecular formula is C18H15ClN2S. The molecule has 0 saturated heterocycles. The Morgan fingerprint density at radius 3 is 2.23 bits per heavy atom. The van der Waals surface area contributed by atoms with Crippen molar-refractivity contribution in [3.05, 3.63) is 76.8 Å². The second kappa shape index (κ2) is 6.95. The summed E-state index contributed by atoms with van der Waals surface area (Å²) in [4.78, 5) is 0. The van der Waals surface area contributed by atoms with Crippen molar-refractivity contribution in [1.29, 1.82) is 0 Å². The third-order valence-electron chi connectivity index (χ3n) is 3.29. The van der Waals surface area contributed by atoms with Gasteiger partial charge in [0.15, 0.2) is 0 Å². The molecule has 2 aromatic carbocycles. The summed E-state index contributed by atoms with van der Waals surface area (Å²) in [6.07, 6.45) is 0. The van der Waals surface area contributed by atoms with Crippen LogP contribution < -0.4 is 0 Å². The average Bonchev–Trinajstić information content (AvgIpc) is 2.56. The topological polar surface area (TPSA) is 25.8 Å². The van der Waals surface area contributed by atoms with Crippen LogP contribution in [0.4, 0.5) is 0 Å². The fraction of sp³-hybridized carbons (Fsp3) is 0.111. The minimum Gasteiger partial charge on any atom is -0.149 e. The zero-order valence-electron chi connectivity index (χ0n) is 12.2. The van der Waals surface area contributed by atoms with Crippen molar-refractivity contribution in [3.63, 3.8) is 0 Å². The number of rotatable bonds is 4. The highest BCUT2D eigenvalue weighted by atomic mass is 35.5. The second-order valence-electron chi connectivity index (χ2n) is 5.04. The fourth-order valence-electron chi connectivity index (χ4n) is 2.01. The van der Waals surface area contributed by atoms with Crippen molar-refractivity contribution >= 4 is 23.4 Å². The Morgan fingerprint density at radius 1 is 0.864 bits per heavy atom. The highest BCUT2D eigenvalue weighted by molar-refractivity contribution is 7.98. The number of aromatic nitrogens is 2. The summed E-state index contributed by atoms with van der Waals surface area (Å²) in [5.74, 6) is 0.898. The molecule has 0 atom stereocenters. The Bertz CT molecular complexity index is 738. The van der Waals surface area contributed by atoms with Gasteiger partial charge in [-0.05, 0) is 36.8 Å². The van der Waals surface area contributed by atoms with E-state index in [0.717, 1.165) is 27.1 Å². The van der Waals surface area contributed by atoms with Crippen LogP contribution in [-0.4, -0.2) is 10.2 Å². The molecule has 0 fully saturated rings. The Kier molecular flexibility index (Phi) is 4.76. The molecule has 3 rings (SSSR count). The van der Waals surface area contributed by atoms with E-state index in [1.54, 1.807) is 11.8 Å². The molecule has 0 radical (unpaired) electrons. The summed E-state index contributed by atoms with van der Waals surface area (Å²) in [6, 6.07) is 20.2. The van der Waals surface area contributed by atoms with Gasteiger partial charge in [-0.3, -0.25) is 0 Å². The van der Waals surface area contributed by atoms with Crippen LogP contribution in [0.15, 0.2) is 65.7 Å². The molecule has 0 N–H and O–H groups in total. The molecule has 22 heavy (non-hydrogen) atoms. The van der Waals surface area contributed by atoms with Crippen LogP contribution in [0.5, 0.6) is 0 Å². The number of thioether (sulfide) groups is 1. The molecule has 0 amide bonds. The molecule has 0 saturated carbocycles.